The van der Waals surface area contributed by atoms with Crippen LogP contribution in [0.15, 0.2) is 28.8 Å². The molecule has 1 aromatic carbocycles. The Morgan fingerprint density at radius 2 is 2.21 bits per heavy atom. The van der Waals surface area contributed by atoms with Gasteiger partial charge in [0, 0.05) is 19.5 Å². The minimum Gasteiger partial charge on any atom is -0.485 e. The zero-order chi connectivity index (χ0) is 17.4. The van der Waals surface area contributed by atoms with Gasteiger partial charge in [-0.1, -0.05) is 37.1 Å². The molecule has 0 spiro atoms. The molecule has 0 aliphatic heterocycles. The van der Waals surface area contributed by atoms with Crippen LogP contribution in [0, 0.1) is 6.92 Å². The van der Waals surface area contributed by atoms with Gasteiger partial charge in [0.1, 0.15) is 5.75 Å². The summed E-state index contributed by atoms with van der Waals surface area (Å²) in [6, 6.07) is 7.03. The maximum absolute atomic E-state index is 12.5. The summed E-state index contributed by atoms with van der Waals surface area (Å²) in [5.41, 5.74) is 6.21. The number of nitrogens with one attached hydrogen (secondary N) is 1. The average Bonchev–Trinajstić information content (AvgIpc) is 3.02. The first-order valence-corrected chi connectivity index (χ1v) is 8.16. The molecule has 24 heavy (non-hydrogen) atoms. The highest BCUT2D eigenvalue weighted by Gasteiger charge is 2.16. The van der Waals surface area contributed by atoms with Crippen molar-refractivity contribution >= 4 is 5.91 Å². The Bertz CT molecular complexity index is 657. The van der Waals surface area contributed by atoms with Crippen molar-refractivity contribution in [1.29, 1.82) is 0 Å². The number of carbonyl (C=O) groups excluding carboxylic acids is 1. The molecule has 1 atom stereocenters. The van der Waals surface area contributed by atoms with Gasteiger partial charge in [0.15, 0.2) is 6.61 Å². The fraction of sp³-hybridized carbons (Fsp3) is 0.471. The molecule has 7 nitrogen and oxygen atoms in total. The molecule has 2 rings (SSSR count). The number of amides is 1. The van der Waals surface area contributed by atoms with E-state index in [2.05, 4.69) is 22.4 Å². The van der Waals surface area contributed by atoms with Crippen molar-refractivity contribution < 1.29 is 14.1 Å². The minimum atomic E-state index is -0.193. The number of unbranched alkanes of at least 4 members (excludes halogenated alkanes) is 1. The summed E-state index contributed by atoms with van der Waals surface area (Å²) in [6.45, 7) is 4.37. The van der Waals surface area contributed by atoms with Gasteiger partial charge in [-0.05, 0) is 18.6 Å². The number of para-hydroxylation sites is 1. The smallest absolute Gasteiger partial charge is 0.255 e. The molecular formula is C17H24N4O3. The van der Waals surface area contributed by atoms with Gasteiger partial charge in [0.2, 0.25) is 11.7 Å². The van der Waals surface area contributed by atoms with Crippen molar-refractivity contribution in [2.75, 3.05) is 6.54 Å². The Morgan fingerprint density at radius 1 is 1.42 bits per heavy atom. The van der Waals surface area contributed by atoms with Gasteiger partial charge >= 0.3 is 0 Å². The average molecular weight is 332 g/mol. The predicted octanol–water partition coefficient (Wildman–Crippen LogP) is 2.20. The highest BCUT2D eigenvalue weighted by atomic mass is 16.5. The molecule has 1 heterocycles. The third-order valence-corrected chi connectivity index (χ3v) is 3.58. The summed E-state index contributed by atoms with van der Waals surface area (Å²) in [6.07, 6.45) is 2.96. The van der Waals surface area contributed by atoms with Crippen LogP contribution in [0.4, 0.5) is 0 Å². The van der Waals surface area contributed by atoms with Gasteiger partial charge in [0.05, 0.1) is 5.56 Å². The first kappa shape index (κ1) is 17.9. The molecule has 130 valence electrons. The van der Waals surface area contributed by atoms with Crippen LogP contribution in [0.25, 0.3) is 0 Å². The number of ether oxygens (including phenoxy) is 1. The number of benzene rings is 1. The number of aromatic nitrogens is 2. The quantitative estimate of drug-likeness (QED) is 0.729. The minimum absolute atomic E-state index is 0.0367. The van der Waals surface area contributed by atoms with E-state index in [9.17, 15) is 4.79 Å². The summed E-state index contributed by atoms with van der Waals surface area (Å²) < 4.78 is 10.6. The van der Waals surface area contributed by atoms with Crippen molar-refractivity contribution in [3.63, 3.8) is 0 Å². The summed E-state index contributed by atoms with van der Waals surface area (Å²) in [5.74, 6) is 1.19. The van der Waals surface area contributed by atoms with Crippen molar-refractivity contribution in [3.05, 3.63) is 41.5 Å². The predicted molar refractivity (Wildman–Crippen MR) is 89.6 cm³/mol. The fourth-order valence-electron chi connectivity index (χ4n) is 2.28. The SMILES string of the molecule is CCCCC(CN)NC(=O)c1ccccc1OCc1noc(C)n1. The van der Waals surface area contributed by atoms with E-state index in [1.807, 2.05) is 6.07 Å². The molecule has 1 amide bonds. The standard InChI is InChI=1S/C17H24N4O3/c1-3-4-7-13(10-18)20-17(22)14-8-5-6-9-15(14)23-11-16-19-12(2)24-21-16/h5-6,8-9,13H,3-4,7,10-11,18H2,1-2H3,(H,20,22). The van der Waals surface area contributed by atoms with Crippen molar-refractivity contribution in [2.24, 2.45) is 5.73 Å². The molecule has 0 radical (unpaired) electrons. The Balaban J connectivity index is 2.02. The van der Waals surface area contributed by atoms with Crippen LogP contribution in [0.5, 0.6) is 5.75 Å². The van der Waals surface area contributed by atoms with E-state index in [1.54, 1.807) is 25.1 Å². The highest BCUT2D eigenvalue weighted by molar-refractivity contribution is 5.97. The van der Waals surface area contributed by atoms with Crippen molar-refractivity contribution in [3.8, 4) is 5.75 Å². The normalized spacial score (nSPS) is 12.0. The van der Waals surface area contributed by atoms with Gasteiger partial charge < -0.3 is 20.3 Å². The number of hydrogen-bond acceptors (Lipinski definition) is 6. The van der Waals surface area contributed by atoms with Crippen LogP contribution in [0.3, 0.4) is 0 Å². The van der Waals surface area contributed by atoms with E-state index in [-0.39, 0.29) is 18.6 Å². The van der Waals surface area contributed by atoms with Crippen LogP contribution < -0.4 is 15.8 Å². The lowest BCUT2D eigenvalue weighted by molar-refractivity contribution is 0.0931. The monoisotopic (exact) mass is 332 g/mol. The Labute approximate surface area is 141 Å². The van der Waals surface area contributed by atoms with Crippen LogP contribution in [0.1, 0.15) is 48.3 Å². The summed E-state index contributed by atoms with van der Waals surface area (Å²) in [5, 5.41) is 6.74. The fourth-order valence-corrected chi connectivity index (χ4v) is 2.28. The zero-order valence-electron chi connectivity index (χ0n) is 14.1. The molecule has 0 saturated heterocycles. The zero-order valence-corrected chi connectivity index (χ0v) is 14.1. The summed E-state index contributed by atoms with van der Waals surface area (Å²) >= 11 is 0. The molecule has 0 saturated carbocycles. The molecule has 1 unspecified atom stereocenters. The summed E-state index contributed by atoms with van der Waals surface area (Å²) in [4.78, 5) is 16.6. The lowest BCUT2D eigenvalue weighted by Gasteiger charge is -2.17. The topological polar surface area (TPSA) is 103 Å². The Morgan fingerprint density at radius 3 is 2.88 bits per heavy atom. The second kappa shape index (κ2) is 9.02. The molecule has 7 heteroatoms. The Hall–Kier alpha value is -2.41. The molecule has 3 N–H and O–H groups in total. The van der Waals surface area contributed by atoms with Crippen LogP contribution in [-0.4, -0.2) is 28.6 Å². The second-order valence-electron chi connectivity index (χ2n) is 5.56. The van der Waals surface area contributed by atoms with Crippen molar-refractivity contribution in [1.82, 2.24) is 15.5 Å². The van der Waals surface area contributed by atoms with Crippen LogP contribution in [-0.2, 0) is 6.61 Å². The van der Waals surface area contributed by atoms with Gasteiger partial charge in [0.25, 0.3) is 5.91 Å². The number of carbonyl (C=O) groups is 1. The number of rotatable bonds is 9. The molecule has 1 aromatic heterocycles. The number of hydrogen-bond donors (Lipinski definition) is 2. The molecular weight excluding hydrogens is 308 g/mol. The van der Waals surface area contributed by atoms with E-state index < -0.39 is 0 Å². The first-order valence-electron chi connectivity index (χ1n) is 8.16. The lowest BCUT2D eigenvalue weighted by Crippen LogP contribution is -2.40. The molecule has 2 aromatic rings. The number of nitrogens with two attached hydrogens (primary N) is 1. The largest absolute Gasteiger partial charge is 0.485 e. The molecule has 0 aliphatic carbocycles. The van der Waals surface area contributed by atoms with Crippen LogP contribution in [0.2, 0.25) is 0 Å². The van der Waals surface area contributed by atoms with Gasteiger partial charge in [-0.2, -0.15) is 4.98 Å². The van der Waals surface area contributed by atoms with Gasteiger partial charge in [-0.3, -0.25) is 4.79 Å². The van der Waals surface area contributed by atoms with E-state index >= 15 is 0 Å². The van der Waals surface area contributed by atoms with E-state index in [0.717, 1.165) is 19.3 Å². The lowest BCUT2D eigenvalue weighted by atomic mass is 10.1. The number of nitrogens with zero attached hydrogens (tertiary/aromatic N) is 2. The van der Waals surface area contributed by atoms with E-state index in [1.165, 1.54) is 0 Å². The molecule has 0 aliphatic rings. The Kier molecular flexibility index (Phi) is 6.74. The van der Waals surface area contributed by atoms with Gasteiger partial charge in [-0.25, -0.2) is 0 Å². The van der Waals surface area contributed by atoms with Crippen molar-refractivity contribution in [2.45, 2.75) is 45.8 Å². The number of aryl methyl sites for hydroxylation is 1. The first-order chi connectivity index (χ1) is 11.6. The highest BCUT2D eigenvalue weighted by Crippen LogP contribution is 2.19. The maximum Gasteiger partial charge on any atom is 0.255 e. The second-order valence-corrected chi connectivity index (χ2v) is 5.56. The summed E-state index contributed by atoms with van der Waals surface area (Å²) in [7, 11) is 0. The third kappa shape index (κ3) is 5.06. The van der Waals surface area contributed by atoms with E-state index in [0.29, 0.717) is 29.6 Å². The maximum atomic E-state index is 12.5. The van der Waals surface area contributed by atoms with Crippen LogP contribution >= 0.6 is 0 Å². The van der Waals surface area contributed by atoms with Gasteiger partial charge in [-0.15, -0.1) is 0 Å². The van der Waals surface area contributed by atoms with E-state index in [4.69, 9.17) is 15.0 Å². The third-order valence-electron chi connectivity index (χ3n) is 3.58. The molecule has 0 fully saturated rings. The molecule has 0 bridgehead atoms.